The van der Waals surface area contributed by atoms with E-state index in [1.165, 1.54) is 12.1 Å². The fourth-order valence-electron chi connectivity index (χ4n) is 3.71. The predicted octanol–water partition coefficient (Wildman–Crippen LogP) is 6.86. The molecule has 0 saturated carbocycles. The van der Waals surface area contributed by atoms with E-state index in [1.807, 2.05) is 49.4 Å². The Morgan fingerprint density at radius 2 is 1.74 bits per heavy atom. The molecule has 1 aliphatic carbocycles. The lowest BCUT2D eigenvalue weighted by Crippen LogP contribution is -1.96. The van der Waals surface area contributed by atoms with Gasteiger partial charge in [-0.1, -0.05) is 41.9 Å². The average molecular weight is 435 g/mol. The summed E-state index contributed by atoms with van der Waals surface area (Å²) in [7, 11) is 0. The fourth-order valence-corrected chi connectivity index (χ4v) is 3.88. The van der Waals surface area contributed by atoms with Gasteiger partial charge in [0.1, 0.15) is 18.2 Å². The Kier molecular flexibility index (Phi) is 5.92. The SMILES string of the molecule is CC1=C(CC(=O)O)c2cc(Cl)ccc2/C1=C\c1ccc(COc2ccc(F)cc2)cc1. The van der Waals surface area contributed by atoms with Crippen LogP contribution in [0.4, 0.5) is 4.39 Å². The molecule has 31 heavy (non-hydrogen) atoms. The maximum atomic E-state index is 13.0. The molecular formula is C26H20ClFO3. The molecule has 4 rings (SSSR count). The number of aliphatic carboxylic acids is 1. The van der Waals surface area contributed by atoms with Crippen LogP contribution in [0.1, 0.15) is 35.6 Å². The van der Waals surface area contributed by atoms with Gasteiger partial charge in [-0.3, -0.25) is 4.79 Å². The molecule has 0 aromatic heterocycles. The highest BCUT2D eigenvalue weighted by Gasteiger charge is 2.25. The van der Waals surface area contributed by atoms with Crippen LogP contribution in [0.15, 0.2) is 72.3 Å². The molecule has 0 fully saturated rings. The highest BCUT2D eigenvalue weighted by Crippen LogP contribution is 2.44. The van der Waals surface area contributed by atoms with Crippen LogP contribution >= 0.6 is 11.6 Å². The largest absolute Gasteiger partial charge is 0.489 e. The van der Waals surface area contributed by atoms with Gasteiger partial charge in [0, 0.05) is 5.02 Å². The predicted molar refractivity (Wildman–Crippen MR) is 121 cm³/mol. The highest BCUT2D eigenvalue weighted by atomic mass is 35.5. The Bertz CT molecular complexity index is 1190. The Labute approximate surface area is 185 Å². The van der Waals surface area contributed by atoms with Gasteiger partial charge in [0.15, 0.2) is 0 Å². The number of rotatable bonds is 6. The summed E-state index contributed by atoms with van der Waals surface area (Å²) < 4.78 is 18.7. The molecule has 0 saturated heterocycles. The Morgan fingerprint density at radius 3 is 2.42 bits per heavy atom. The summed E-state index contributed by atoms with van der Waals surface area (Å²) in [5, 5.41) is 9.91. The van der Waals surface area contributed by atoms with Crippen molar-refractivity contribution in [3.8, 4) is 5.75 Å². The molecule has 3 aromatic rings. The van der Waals surface area contributed by atoms with E-state index in [4.69, 9.17) is 16.3 Å². The monoisotopic (exact) mass is 434 g/mol. The topological polar surface area (TPSA) is 46.5 Å². The van der Waals surface area contributed by atoms with Crippen LogP contribution in [0.3, 0.4) is 0 Å². The van der Waals surface area contributed by atoms with Crippen molar-refractivity contribution in [1.82, 2.24) is 0 Å². The summed E-state index contributed by atoms with van der Waals surface area (Å²) in [6.45, 7) is 2.33. The van der Waals surface area contributed by atoms with E-state index >= 15 is 0 Å². The molecule has 0 amide bonds. The van der Waals surface area contributed by atoms with Gasteiger partial charge in [0.25, 0.3) is 0 Å². The molecule has 156 valence electrons. The molecule has 0 bridgehead atoms. The second-order valence-electron chi connectivity index (χ2n) is 7.41. The van der Waals surface area contributed by atoms with E-state index in [0.29, 0.717) is 17.4 Å². The second kappa shape index (κ2) is 8.78. The van der Waals surface area contributed by atoms with Crippen LogP contribution in [0, 0.1) is 5.82 Å². The van der Waals surface area contributed by atoms with Crippen molar-refractivity contribution >= 4 is 34.8 Å². The summed E-state index contributed by atoms with van der Waals surface area (Å²) >= 11 is 6.16. The van der Waals surface area contributed by atoms with Gasteiger partial charge in [-0.05, 0) is 88.4 Å². The van der Waals surface area contributed by atoms with E-state index in [9.17, 15) is 14.3 Å². The minimum Gasteiger partial charge on any atom is -0.489 e. The van der Waals surface area contributed by atoms with Gasteiger partial charge in [0.2, 0.25) is 0 Å². The van der Waals surface area contributed by atoms with E-state index < -0.39 is 5.97 Å². The summed E-state index contributed by atoms with van der Waals surface area (Å²) in [5.74, 6) is -0.552. The zero-order chi connectivity index (χ0) is 22.0. The lowest BCUT2D eigenvalue weighted by molar-refractivity contribution is -0.135. The molecule has 1 aliphatic rings. The van der Waals surface area contributed by atoms with Crippen LogP contribution in [0.25, 0.3) is 17.2 Å². The van der Waals surface area contributed by atoms with Crippen LogP contribution in [0.5, 0.6) is 5.75 Å². The molecular weight excluding hydrogens is 415 g/mol. The molecule has 0 heterocycles. The molecule has 0 spiro atoms. The lowest BCUT2D eigenvalue weighted by Gasteiger charge is -2.07. The van der Waals surface area contributed by atoms with Gasteiger partial charge in [-0.25, -0.2) is 4.39 Å². The zero-order valence-electron chi connectivity index (χ0n) is 16.9. The van der Waals surface area contributed by atoms with Gasteiger partial charge >= 0.3 is 5.97 Å². The van der Waals surface area contributed by atoms with Crippen molar-refractivity contribution in [2.45, 2.75) is 20.0 Å². The van der Waals surface area contributed by atoms with Crippen molar-refractivity contribution in [3.63, 3.8) is 0 Å². The van der Waals surface area contributed by atoms with E-state index in [1.54, 1.807) is 12.1 Å². The molecule has 0 radical (unpaired) electrons. The number of allylic oxidation sites excluding steroid dienone is 2. The van der Waals surface area contributed by atoms with Crippen molar-refractivity contribution < 1.29 is 19.0 Å². The fraction of sp³-hybridized carbons (Fsp3) is 0.115. The third-order valence-corrected chi connectivity index (χ3v) is 5.53. The normalized spacial score (nSPS) is 14.1. The molecule has 0 unspecified atom stereocenters. The number of fused-ring (bicyclic) bond motifs is 1. The number of carboxylic acid groups (broad SMARTS) is 1. The molecule has 5 heteroatoms. The standard InChI is InChI=1S/C26H20ClFO3/c1-16-23(22-11-6-19(27)13-25(22)24(16)14-26(29)30)12-17-2-4-18(5-3-17)15-31-21-9-7-20(28)8-10-21/h2-13H,14-15H2,1H3,(H,29,30)/b23-12-. The number of carbonyl (C=O) groups is 1. The van der Waals surface area contributed by atoms with Crippen molar-refractivity contribution in [3.05, 3.63) is 105 Å². The molecule has 0 atom stereocenters. The first-order valence-corrected chi connectivity index (χ1v) is 10.2. The second-order valence-corrected chi connectivity index (χ2v) is 7.84. The Hall–Kier alpha value is -3.37. The number of ether oxygens (including phenoxy) is 1. The van der Waals surface area contributed by atoms with Gasteiger partial charge in [-0.2, -0.15) is 0 Å². The number of benzene rings is 3. The van der Waals surface area contributed by atoms with Crippen molar-refractivity contribution in [2.75, 3.05) is 0 Å². The third kappa shape index (κ3) is 4.70. The zero-order valence-corrected chi connectivity index (χ0v) is 17.6. The van der Waals surface area contributed by atoms with Gasteiger partial charge in [-0.15, -0.1) is 0 Å². The number of halogens is 2. The molecule has 3 nitrogen and oxygen atoms in total. The summed E-state index contributed by atoms with van der Waals surface area (Å²) in [6, 6.07) is 19.5. The molecule has 3 aromatic carbocycles. The van der Waals surface area contributed by atoms with Crippen LogP contribution < -0.4 is 4.74 Å². The average Bonchev–Trinajstić information content (AvgIpc) is 2.99. The number of hydrogen-bond acceptors (Lipinski definition) is 2. The summed E-state index contributed by atoms with van der Waals surface area (Å²) in [5.41, 5.74) is 6.59. The maximum Gasteiger partial charge on any atom is 0.307 e. The van der Waals surface area contributed by atoms with Crippen molar-refractivity contribution in [2.24, 2.45) is 0 Å². The first-order valence-electron chi connectivity index (χ1n) is 9.82. The first kappa shape index (κ1) is 20.9. The van der Waals surface area contributed by atoms with Crippen molar-refractivity contribution in [1.29, 1.82) is 0 Å². The van der Waals surface area contributed by atoms with Crippen LogP contribution in [0.2, 0.25) is 5.02 Å². The van der Waals surface area contributed by atoms with Gasteiger partial charge < -0.3 is 9.84 Å². The smallest absolute Gasteiger partial charge is 0.307 e. The highest BCUT2D eigenvalue weighted by molar-refractivity contribution is 6.31. The maximum absolute atomic E-state index is 13.0. The number of hydrogen-bond donors (Lipinski definition) is 1. The molecule has 1 N–H and O–H groups in total. The summed E-state index contributed by atoms with van der Waals surface area (Å²) in [4.78, 5) is 11.4. The lowest BCUT2D eigenvalue weighted by atomic mass is 10.0. The first-order chi connectivity index (χ1) is 14.9. The van der Waals surface area contributed by atoms with E-state index in [-0.39, 0.29) is 12.2 Å². The Balaban J connectivity index is 1.57. The minimum atomic E-state index is -0.868. The van der Waals surface area contributed by atoms with Crippen LogP contribution in [-0.2, 0) is 11.4 Å². The summed E-state index contributed by atoms with van der Waals surface area (Å²) in [6.07, 6.45) is 2.01. The van der Waals surface area contributed by atoms with E-state index in [0.717, 1.165) is 39.0 Å². The Morgan fingerprint density at radius 1 is 1.03 bits per heavy atom. The third-order valence-electron chi connectivity index (χ3n) is 5.29. The quantitative estimate of drug-likeness (QED) is 0.461. The minimum absolute atomic E-state index is 0.0455. The van der Waals surface area contributed by atoms with E-state index in [2.05, 4.69) is 6.08 Å². The molecule has 0 aliphatic heterocycles. The van der Waals surface area contributed by atoms with Crippen LogP contribution in [-0.4, -0.2) is 11.1 Å². The number of carboxylic acids is 1. The van der Waals surface area contributed by atoms with Gasteiger partial charge in [0.05, 0.1) is 6.42 Å².